The molecular weight excluding hydrogens is 281 g/mol. The maximum Gasteiger partial charge on any atom is 0.339 e. The predicted molar refractivity (Wildman–Crippen MR) is 60.5 cm³/mol. The average molecular weight is 292 g/mol. The lowest BCUT2D eigenvalue weighted by atomic mass is 10.2. The number of anilines is 1. The van der Waals surface area contributed by atoms with Crippen molar-refractivity contribution in [2.24, 2.45) is 0 Å². The molecule has 1 aromatic rings. The van der Waals surface area contributed by atoms with Crippen LogP contribution in [0.5, 0.6) is 0 Å². The molecular formula is C10H11BrFNO3. The van der Waals surface area contributed by atoms with Gasteiger partial charge in [0.2, 0.25) is 0 Å². The average Bonchev–Trinajstić information content (AvgIpc) is 2.23. The number of hydrogen-bond acceptors (Lipinski definition) is 4. The highest BCUT2D eigenvalue weighted by molar-refractivity contribution is 9.10. The van der Waals surface area contributed by atoms with Crippen molar-refractivity contribution in [3.63, 3.8) is 0 Å². The number of rotatable bonds is 4. The van der Waals surface area contributed by atoms with Gasteiger partial charge in [-0.1, -0.05) is 0 Å². The van der Waals surface area contributed by atoms with Crippen LogP contribution in [0.4, 0.5) is 10.1 Å². The van der Waals surface area contributed by atoms with Crippen LogP contribution >= 0.6 is 15.9 Å². The minimum atomic E-state index is -0.605. The molecule has 0 heterocycles. The van der Waals surface area contributed by atoms with E-state index in [0.717, 1.165) is 6.07 Å². The summed E-state index contributed by atoms with van der Waals surface area (Å²) in [4.78, 5) is 11.5. The Morgan fingerprint density at radius 2 is 2.25 bits per heavy atom. The maximum atomic E-state index is 13.0. The van der Waals surface area contributed by atoms with Crippen molar-refractivity contribution in [3.8, 4) is 0 Å². The van der Waals surface area contributed by atoms with Gasteiger partial charge < -0.3 is 15.6 Å². The Kier molecular flexibility index (Phi) is 4.70. The minimum Gasteiger partial charge on any atom is -0.462 e. The SMILES string of the molecule is Nc1cc(C(=O)OCCCO)c(Br)cc1F. The van der Waals surface area contributed by atoms with E-state index in [9.17, 15) is 9.18 Å². The summed E-state index contributed by atoms with van der Waals surface area (Å²) in [6, 6.07) is 2.32. The van der Waals surface area contributed by atoms with E-state index in [2.05, 4.69) is 15.9 Å². The van der Waals surface area contributed by atoms with Gasteiger partial charge >= 0.3 is 5.97 Å². The van der Waals surface area contributed by atoms with Crippen LogP contribution in [-0.4, -0.2) is 24.3 Å². The van der Waals surface area contributed by atoms with E-state index in [1.807, 2.05) is 0 Å². The molecule has 3 N–H and O–H groups in total. The van der Waals surface area contributed by atoms with Gasteiger partial charge in [-0.25, -0.2) is 9.18 Å². The summed E-state index contributed by atoms with van der Waals surface area (Å²) in [7, 11) is 0. The van der Waals surface area contributed by atoms with Gasteiger partial charge in [-0.3, -0.25) is 0 Å². The Hall–Kier alpha value is -1.14. The fourth-order valence-corrected chi connectivity index (χ4v) is 1.51. The molecule has 0 amide bonds. The first-order valence-electron chi connectivity index (χ1n) is 4.58. The van der Waals surface area contributed by atoms with Crippen molar-refractivity contribution < 1.29 is 19.0 Å². The second kappa shape index (κ2) is 5.81. The van der Waals surface area contributed by atoms with Crippen molar-refractivity contribution in [1.82, 2.24) is 0 Å². The van der Waals surface area contributed by atoms with Gasteiger partial charge in [-0.05, 0) is 28.1 Å². The number of nitrogen functional groups attached to an aromatic ring is 1. The summed E-state index contributed by atoms with van der Waals surface area (Å²) in [5.41, 5.74) is 5.39. The maximum absolute atomic E-state index is 13.0. The Bertz CT molecular complexity index is 398. The molecule has 0 bridgehead atoms. The Labute approximate surface area is 100 Å². The molecule has 0 atom stereocenters. The second-order valence-electron chi connectivity index (χ2n) is 3.07. The molecule has 4 nitrogen and oxygen atoms in total. The summed E-state index contributed by atoms with van der Waals surface area (Å²) in [6.07, 6.45) is 0.361. The van der Waals surface area contributed by atoms with Crippen LogP contribution in [0.25, 0.3) is 0 Å². The fraction of sp³-hybridized carbons (Fsp3) is 0.300. The third-order valence-corrected chi connectivity index (χ3v) is 2.50. The van der Waals surface area contributed by atoms with Crippen LogP contribution in [-0.2, 0) is 4.74 Å². The summed E-state index contributed by atoms with van der Waals surface area (Å²) in [5, 5.41) is 8.51. The van der Waals surface area contributed by atoms with E-state index < -0.39 is 11.8 Å². The zero-order valence-electron chi connectivity index (χ0n) is 8.37. The number of aliphatic hydroxyl groups excluding tert-OH is 1. The van der Waals surface area contributed by atoms with Gasteiger partial charge in [-0.15, -0.1) is 0 Å². The van der Waals surface area contributed by atoms with Crippen molar-refractivity contribution in [2.45, 2.75) is 6.42 Å². The molecule has 1 aromatic carbocycles. The van der Waals surface area contributed by atoms with Crippen molar-refractivity contribution in [3.05, 3.63) is 28.0 Å². The van der Waals surface area contributed by atoms with Crippen molar-refractivity contribution in [2.75, 3.05) is 18.9 Å². The number of benzene rings is 1. The van der Waals surface area contributed by atoms with E-state index in [4.69, 9.17) is 15.6 Å². The highest BCUT2D eigenvalue weighted by atomic mass is 79.9. The molecule has 0 aliphatic carbocycles. The summed E-state index contributed by atoms with van der Waals surface area (Å²) in [5.74, 6) is -1.20. The molecule has 0 aliphatic rings. The topological polar surface area (TPSA) is 72.6 Å². The lowest BCUT2D eigenvalue weighted by molar-refractivity contribution is 0.0481. The van der Waals surface area contributed by atoms with Crippen LogP contribution < -0.4 is 5.73 Å². The molecule has 0 aromatic heterocycles. The number of ether oxygens (including phenoxy) is 1. The molecule has 1 rings (SSSR count). The number of halogens is 2. The molecule has 0 radical (unpaired) electrons. The monoisotopic (exact) mass is 291 g/mol. The van der Waals surface area contributed by atoms with Crippen molar-refractivity contribution in [1.29, 1.82) is 0 Å². The molecule has 0 fully saturated rings. The minimum absolute atomic E-state index is 0.0555. The van der Waals surface area contributed by atoms with Crippen LogP contribution in [0.2, 0.25) is 0 Å². The van der Waals surface area contributed by atoms with Crippen molar-refractivity contribution >= 4 is 27.6 Å². The quantitative estimate of drug-likeness (QED) is 0.503. The summed E-state index contributed by atoms with van der Waals surface area (Å²) < 4.78 is 18.1. The molecule has 0 unspecified atom stereocenters. The third kappa shape index (κ3) is 3.18. The van der Waals surface area contributed by atoms with Gasteiger partial charge in [0.25, 0.3) is 0 Å². The zero-order valence-corrected chi connectivity index (χ0v) is 9.96. The first kappa shape index (κ1) is 12.9. The summed E-state index contributed by atoms with van der Waals surface area (Å²) in [6.45, 7) is 0.0546. The lowest BCUT2D eigenvalue weighted by Crippen LogP contribution is -2.09. The zero-order chi connectivity index (χ0) is 12.1. The number of carbonyl (C=O) groups excluding carboxylic acids is 1. The number of aliphatic hydroxyl groups is 1. The van der Waals surface area contributed by atoms with Gasteiger partial charge in [0.15, 0.2) is 0 Å². The number of carbonyl (C=O) groups is 1. The largest absolute Gasteiger partial charge is 0.462 e. The van der Waals surface area contributed by atoms with Gasteiger partial charge in [0, 0.05) is 17.5 Å². The highest BCUT2D eigenvalue weighted by Crippen LogP contribution is 2.23. The number of esters is 1. The Morgan fingerprint density at radius 1 is 1.56 bits per heavy atom. The van der Waals surface area contributed by atoms with Gasteiger partial charge in [0.1, 0.15) is 5.82 Å². The van der Waals surface area contributed by atoms with Crippen LogP contribution in [0.1, 0.15) is 16.8 Å². The first-order valence-corrected chi connectivity index (χ1v) is 5.38. The van der Waals surface area contributed by atoms with Crippen LogP contribution in [0.3, 0.4) is 0 Å². The first-order chi connectivity index (χ1) is 7.56. The summed E-state index contributed by atoms with van der Waals surface area (Å²) >= 11 is 3.05. The number of nitrogens with two attached hydrogens (primary N) is 1. The molecule has 6 heteroatoms. The van der Waals surface area contributed by atoms with E-state index in [0.29, 0.717) is 6.42 Å². The lowest BCUT2D eigenvalue weighted by Gasteiger charge is -2.07. The Morgan fingerprint density at radius 3 is 2.88 bits per heavy atom. The number of hydrogen-bond donors (Lipinski definition) is 2. The molecule has 0 aliphatic heterocycles. The van der Waals surface area contributed by atoms with E-state index in [-0.39, 0.29) is 28.9 Å². The highest BCUT2D eigenvalue weighted by Gasteiger charge is 2.14. The molecule has 0 saturated heterocycles. The van der Waals surface area contributed by atoms with Gasteiger partial charge in [-0.2, -0.15) is 0 Å². The standard InChI is InChI=1S/C10H11BrFNO3/c11-7-5-8(12)9(13)4-6(7)10(15)16-3-1-2-14/h4-5,14H,1-3,13H2. The van der Waals surface area contributed by atoms with E-state index in [1.54, 1.807) is 0 Å². The second-order valence-corrected chi connectivity index (χ2v) is 3.92. The molecule has 16 heavy (non-hydrogen) atoms. The molecule has 0 saturated carbocycles. The van der Waals surface area contributed by atoms with E-state index in [1.165, 1.54) is 6.07 Å². The smallest absolute Gasteiger partial charge is 0.339 e. The predicted octanol–water partition coefficient (Wildman–Crippen LogP) is 1.71. The molecule has 0 spiro atoms. The normalized spacial score (nSPS) is 10.2. The van der Waals surface area contributed by atoms with Crippen LogP contribution in [0.15, 0.2) is 16.6 Å². The Balaban J connectivity index is 2.79. The van der Waals surface area contributed by atoms with E-state index >= 15 is 0 Å². The molecule has 88 valence electrons. The fourth-order valence-electron chi connectivity index (χ4n) is 1.03. The van der Waals surface area contributed by atoms with Gasteiger partial charge in [0.05, 0.1) is 17.9 Å². The third-order valence-electron chi connectivity index (χ3n) is 1.84. The van der Waals surface area contributed by atoms with Crippen LogP contribution in [0, 0.1) is 5.82 Å².